The van der Waals surface area contributed by atoms with Crippen LogP contribution in [0.2, 0.25) is 0 Å². The van der Waals surface area contributed by atoms with E-state index < -0.39 is 0 Å². The second-order valence-electron chi connectivity index (χ2n) is 9.55. The Bertz CT molecular complexity index is 1350. The third-order valence-corrected chi connectivity index (χ3v) is 7.53. The highest BCUT2D eigenvalue weighted by Crippen LogP contribution is 2.48. The average molecular weight is 454 g/mol. The van der Waals surface area contributed by atoms with Crippen LogP contribution >= 0.6 is 0 Å². The van der Waals surface area contributed by atoms with Gasteiger partial charge in [-0.2, -0.15) is 10.2 Å². The number of hydrogen-bond donors (Lipinski definition) is 0. The number of pyridine rings is 1. The maximum absolute atomic E-state index is 14.0. The third-order valence-electron chi connectivity index (χ3n) is 7.53. The molecule has 2 atom stereocenters. The number of amides is 1. The number of hydrogen-bond acceptors (Lipinski definition) is 6. The second-order valence-corrected chi connectivity index (χ2v) is 9.55. The molecule has 8 nitrogen and oxygen atoms in total. The van der Waals surface area contributed by atoms with Crippen molar-refractivity contribution >= 4 is 16.9 Å². The maximum atomic E-state index is 14.0. The minimum Gasteiger partial charge on any atom is -0.331 e. The van der Waals surface area contributed by atoms with Gasteiger partial charge in [0.2, 0.25) is 0 Å². The molecule has 4 aromatic rings. The van der Waals surface area contributed by atoms with Gasteiger partial charge in [0, 0.05) is 24.0 Å². The first-order chi connectivity index (χ1) is 16.6. The Kier molecular flexibility index (Phi) is 5.08. The first-order valence-electron chi connectivity index (χ1n) is 12.0. The number of fused-ring (bicyclic) bond motifs is 3. The molecule has 3 aliphatic rings. The fourth-order valence-corrected chi connectivity index (χ4v) is 5.59. The molecule has 3 aromatic heterocycles. The number of benzene rings is 1. The summed E-state index contributed by atoms with van der Waals surface area (Å²) in [7, 11) is 0. The van der Waals surface area contributed by atoms with Gasteiger partial charge < -0.3 is 4.90 Å². The second kappa shape index (κ2) is 8.27. The van der Waals surface area contributed by atoms with E-state index in [4.69, 9.17) is 4.98 Å². The number of nitrogens with zero attached hydrogens (tertiary/aromatic N) is 7. The van der Waals surface area contributed by atoms with Crippen molar-refractivity contribution in [3.05, 3.63) is 72.1 Å². The van der Waals surface area contributed by atoms with Gasteiger partial charge in [0.05, 0.1) is 29.1 Å². The van der Waals surface area contributed by atoms with E-state index in [9.17, 15) is 4.79 Å². The van der Waals surface area contributed by atoms with Crippen LogP contribution in [0.3, 0.4) is 0 Å². The number of aryl methyl sites for hydroxylation is 2. The molecule has 172 valence electrons. The SMILES string of the molecule is Cc1ccc(-n2nccn2)c(C(=O)N2C3CC(C3)[C@@H](C)C2CCc2cnc3ccccc3n2)n1. The van der Waals surface area contributed by atoms with E-state index >= 15 is 0 Å². The van der Waals surface area contributed by atoms with E-state index in [0.29, 0.717) is 23.2 Å². The molecule has 0 spiro atoms. The van der Waals surface area contributed by atoms with Crippen molar-refractivity contribution in [2.45, 2.75) is 51.6 Å². The van der Waals surface area contributed by atoms with Gasteiger partial charge >= 0.3 is 0 Å². The molecule has 0 radical (unpaired) electrons. The zero-order valence-corrected chi connectivity index (χ0v) is 19.4. The molecule has 1 aliphatic carbocycles. The fourth-order valence-electron chi connectivity index (χ4n) is 5.59. The molecule has 1 aromatic carbocycles. The quantitative estimate of drug-likeness (QED) is 0.457. The van der Waals surface area contributed by atoms with Crippen molar-refractivity contribution in [3.8, 4) is 5.69 Å². The number of carbonyl (C=O) groups is 1. The molecule has 1 amide bonds. The largest absolute Gasteiger partial charge is 0.331 e. The Balaban J connectivity index is 1.30. The van der Waals surface area contributed by atoms with Gasteiger partial charge in [-0.1, -0.05) is 19.1 Å². The topological polar surface area (TPSA) is 89.7 Å². The number of carbonyl (C=O) groups excluding carboxylic acids is 1. The number of para-hydroxylation sites is 2. The van der Waals surface area contributed by atoms with Crippen LogP contribution in [0, 0.1) is 18.8 Å². The van der Waals surface area contributed by atoms with Crippen molar-refractivity contribution in [1.29, 1.82) is 0 Å². The van der Waals surface area contributed by atoms with Gasteiger partial charge in [-0.05, 0) is 68.7 Å². The Labute approximate surface area is 198 Å². The van der Waals surface area contributed by atoms with Crippen molar-refractivity contribution in [1.82, 2.24) is 34.8 Å². The van der Waals surface area contributed by atoms with Crippen LogP contribution in [0.1, 0.15) is 48.1 Å². The summed E-state index contributed by atoms with van der Waals surface area (Å²) < 4.78 is 0. The Hall–Kier alpha value is -3.68. The maximum Gasteiger partial charge on any atom is 0.275 e. The van der Waals surface area contributed by atoms with Crippen LogP contribution < -0.4 is 0 Å². The lowest BCUT2D eigenvalue weighted by atomic mass is 9.64. The predicted octanol–water partition coefficient (Wildman–Crippen LogP) is 3.79. The van der Waals surface area contributed by atoms with Crippen LogP contribution in [0.25, 0.3) is 16.7 Å². The van der Waals surface area contributed by atoms with Gasteiger partial charge in [0.15, 0.2) is 5.69 Å². The molecule has 1 saturated carbocycles. The lowest BCUT2D eigenvalue weighted by Gasteiger charge is -2.57. The number of piperidine rings is 2. The summed E-state index contributed by atoms with van der Waals surface area (Å²) in [6, 6.07) is 12.1. The molecule has 8 heteroatoms. The lowest BCUT2D eigenvalue weighted by molar-refractivity contribution is -0.0573. The van der Waals surface area contributed by atoms with Crippen molar-refractivity contribution in [2.24, 2.45) is 11.8 Å². The standard InChI is InChI=1S/C26H27N7O/c1-16-7-9-24(33-28-11-12-29-33)25(30-16)26(34)32-20-13-18(14-20)17(2)23(32)10-8-19-15-27-21-5-3-4-6-22(21)31-19/h3-7,9,11-12,15,17-18,20,23H,8,10,13-14H2,1-2H3/t17-,18?,20?,23?/m1/s1. The van der Waals surface area contributed by atoms with Crippen LogP contribution in [-0.4, -0.2) is 52.8 Å². The third kappa shape index (κ3) is 3.54. The van der Waals surface area contributed by atoms with E-state index in [0.717, 1.165) is 48.1 Å². The predicted molar refractivity (Wildman–Crippen MR) is 127 cm³/mol. The zero-order valence-electron chi connectivity index (χ0n) is 19.4. The minimum atomic E-state index is -0.0272. The summed E-state index contributed by atoms with van der Waals surface area (Å²) in [6.07, 6.45) is 8.87. The van der Waals surface area contributed by atoms with Crippen molar-refractivity contribution in [3.63, 3.8) is 0 Å². The van der Waals surface area contributed by atoms with Gasteiger partial charge in [-0.15, -0.1) is 4.80 Å². The molecular weight excluding hydrogens is 426 g/mol. The summed E-state index contributed by atoms with van der Waals surface area (Å²) in [6.45, 7) is 4.20. The molecule has 2 aliphatic heterocycles. The highest BCUT2D eigenvalue weighted by Gasteiger charge is 2.50. The highest BCUT2D eigenvalue weighted by atomic mass is 16.2. The van der Waals surface area contributed by atoms with Gasteiger partial charge in [-0.3, -0.25) is 9.78 Å². The molecular formula is C26H27N7O. The van der Waals surface area contributed by atoms with E-state index in [1.54, 1.807) is 12.4 Å². The zero-order chi connectivity index (χ0) is 23.2. The first-order valence-corrected chi connectivity index (χ1v) is 12.0. The highest BCUT2D eigenvalue weighted by molar-refractivity contribution is 5.96. The van der Waals surface area contributed by atoms with Gasteiger partial charge in [-0.25, -0.2) is 9.97 Å². The summed E-state index contributed by atoms with van der Waals surface area (Å²) in [5, 5.41) is 8.50. The van der Waals surface area contributed by atoms with E-state index in [-0.39, 0.29) is 18.0 Å². The van der Waals surface area contributed by atoms with E-state index in [1.165, 1.54) is 4.80 Å². The summed E-state index contributed by atoms with van der Waals surface area (Å²) in [5.41, 5.74) is 4.62. The molecule has 5 heterocycles. The summed E-state index contributed by atoms with van der Waals surface area (Å²) in [4.78, 5) is 31.6. The minimum absolute atomic E-state index is 0.0272. The van der Waals surface area contributed by atoms with Crippen LogP contribution in [0.5, 0.6) is 0 Å². The lowest BCUT2D eigenvalue weighted by Crippen LogP contribution is -2.63. The smallest absolute Gasteiger partial charge is 0.275 e. The first kappa shape index (κ1) is 20.9. The van der Waals surface area contributed by atoms with E-state index in [2.05, 4.69) is 32.0 Å². The van der Waals surface area contributed by atoms with Crippen molar-refractivity contribution < 1.29 is 4.79 Å². The summed E-state index contributed by atoms with van der Waals surface area (Å²) in [5.74, 6) is 1.08. The monoisotopic (exact) mass is 453 g/mol. The van der Waals surface area contributed by atoms with Crippen LogP contribution in [0.15, 0.2) is 55.0 Å². The number of rotatable bonds is 5. The Morgan fingerprint density at radius 2 is 1.79 bits per heavy atom. The molecule has 2 saturated heterocycles. The van der Waals surface area contributed by atoms with Crippen LogP contribution in [-0.2, 0) is 6.42 Å². The molecule has 2 bridgehead atoms. The van der Waals surface area contributed by atoms with Crippen molar-refractivity contribution in [2.75, 3.05) is 0 Å². The molecule has 3 fully saturated rings. The average Bonchev–Trinajstić information content (AvgIpc) is 3.36. The molecule has 0 N–H and O–H groups in total. The molecule has 1 unspecified atom stereocenters. The summed E-state index contributed by atoms with van der Waals surface area (Å²) >= 11 is 0. The number of aromatic nitrogens is 6. The molecule has 7 rings (SSSR count). The normalized spacial score (nSPS) is 23.6. The Morgan fingerprint density at radius 3 is 2.59 bits per heavy atom. The van der Waals surface area contributed by atoms with Crippen LogP contribution in [0.4, 0.5) is 0 Å². The fraction of sp³-hybridized carbons (Fsp3) is 0.385. The van der Waals surface area contributed by atoms with E-state index in [1.807, 2.05) is 49.5 Å². The Morgan fingerprint density at radius 1 is 1.03 bits per heavy atom. The van der Waals surface area contributed by atoms with Gasteiger partial charge in [0.1, 0.15) is 5.69 Å². The molecule has 34 heavy (non-hydrogen) atoms. The van der Waals surface area contributed by atoms with Gasteiger partial charge in [0.25, 0.3) is 5.91 Å².